The first-order valence-electron chi connectivity index (χ1n) is 6.38. The van der Waals surface area contributed by atoms with Gasteiger partial charge in [0.15, 0.2) is 11.5 Å². The number of ether oxygens (including phenoxy) is 1. The third kappa shape index (κ3) is 2.72. The van der Waals surface area contributed by atoms with Crippen LogP contribution in [0.2, 0.25) is 0 Å². The van der Waals surface area contributed by atoms with Crippen molar-refractivity contribution in [3.8, 4) is 28.5 Å². The molecule has 4 nitrogen and oxygen atoms in total. The van der Waals surface area contributed by atoms with Gasteiger partial charge in [0.2, 0.25) is 5.88 Å². The topological polar surface area (TPSA) is 47.9 Å². The number of aromatic nitrogens is 3. The highest BCUT2D eigenvalue weighted by molar-refractivity contribution is 5.65. The van der Waals surface area contributed by atoms with Crippen molar-refractivity contribution in [2.24, 2.45) is 0 Å². The zero-order chi connectivity index (χ0) is 14.7. The summed E-state index contributed by atoms with van der Waals surface area (Å²) in [6.45, 7) is 0. The molecule has 0 saturated carbocycles. The van der Waals surface area contributed by atoms with Crippen LogP contribution in [-0.4, -0.2) is 22.3 Å². The fraction of sp³-hybridized carbons (Fsp3) is 0.0625. The maximum absolute atomic E-state index is 13.0. The molecule has 5 heteroatoms. The van der Waals surface area contributed by atoms with Gasteiger partial charge >= 0.3 is 0 Å². The van der Waals surface area contributed by atoms with Crippen molar-refractivity contribution in [2.45, 2.75) is 0 Å². The van der Waals surface area contributed by atoms with E-state index in [1.807, 2.05) is 30.3 Å². The lowest BCUT2D eigenvalue weighted by Crippen LogP contribution is -2.00. The number of rotatable bonds is 3. The number of benzene rings is 2. The normalized spacial score (nSPS) is 10.4. The van der Waals surface area contributed by atoms with Gasteiger partial charge in [-0.1, -0.05) is 30.3 Å². The van der Waals surface area contributed by atoms with Crippen molar-refractivity contribution in [2.75, 3.05) is 7.11 Å². The summed E-state index contributed by atoms with van der Waals surface area (Å²) in [7, 11) is 1.53. The van der Waals surface area contributed by atoms with Gasteiger partial charge in [0.05, 0.1) is 7.11 Å². The zero-order valence-electron chi connectivity index (χ0n) is 11.3. The molecule has 0 fully saturated rings. The predicted molar refractivity (Wildman–Crippen MR) is 77.2 cm³/mol. The minimum absolute atomic E-state index is 0.306. The molecule has 1 heterocycles. The van der Waals surface area contributed by atoms with Gasteiger partial charge in [-0.05, 0) is 24.3 Å². The Morgan fingerprint density at radius 1 is 0.857 bits per heavy atom. The van der Waals surface area contributed by atoms with Crippen LogP contribution in [0.5, 0.6) is 5.88 Å². The second-order valence-corrected chi connectivity index (χ2v) is 4.37. The maximum atomic E-state index is 13.0. The Labute approximate surface area is 121 Å². The molecule has 21 heavy (non-hydrogen) atoms. The molecule has 3 rings (SSSR count). The average Bonchev–Trinajstić information content (AvgIpc) is 2.56. The minimum atomic E-state index is -0.306. The fourth-order valence-electron chi connectivity index (χ4n) is 1.95. The Balaban J connectivity index is 2.05. The SMILES string of the molecule is COc1nc(-c2ccc(F)cc2)nnc1-c1ccccc1. The highest BCUT2D eigenvalue weighted by Gasteiger charge is 2.12. The Hall–Kier alpha value is -2.82. The van der Waals surface area contributed by atoms with Gasteiger partial charge < -0.3 is 4.74 Å². The van der Waals surface area contributed by atoms with Crippen LogP contribution < -0.4 is 4.74 Å². The lowest BCUT2D eigenvalue weighted by Gasteiger charge is -2.07. The molecule has 0 amide bonds. The van der Waals surface area contributed by atoms with Crippen molar-refractivity contribution in [1.29, 1.82) is 0 Å². The molecule has 0 radical (unpaired) electrons. The number of hydrogen-bond acceptors (Lipinski definition) is 4. The zero-order valence-corrected chi connectivity index (χ0v) is 11.3. The van der Waals surface area contributed by atoms with Gasteiger partial charge in [0.25, 0.3) is 0 Å². The van der Waals surface area contributed by atoms with E-state index < -0.39 is 0 Å². The Bertz CT molecular complexity index is 745. The summed E-state index contributed by atoms with van der Waals surface area (Å²) in [6, 6.07) is 15.5. The van der Waals surface area contributed by atoms with Crippen molar-refractivity contribution in [3.63, 3.8) is 0 Å². The van der Waals surface area contributed by atoms with E-state index >= 15 is 0 Å². The number of hydrogen-bond donors (Lipinski definition) is 0. The highest BCUT2D eigenvalue weighted by atomic mass is 19.1. The molecule has 0 atom stereocenters. The predicted octanol–water partition coefficient (Wildman–Crippen LogP) is 3.35. The molecule has 1 aromatic heterocycles. The van der Waals surface area contributed by atoms with E-state index in [2.05, 4.69) is 15.2 Å². The molecule has 0 saturated heterocycles. The van der Waals surface area contributed by atoms with E-state index in [1.165, 1.54) is 19.2 Å². The quantitative estimate of drug-likeness (QED) is 0.738. The molecule has 0 aliphatic heterocycles. The van der Waals surface area contributed by atoms with Crippen molar-refractivity contribution >= 4 is 0 Å². The Morgan fingerprint density at radius 2 is 1.57 bits per heavy atom. The molecule has 0 aliphatic rings. The lowest BCUT2D eigenvalue weighted by atomic mass is 10.1. The summed E-state index contributed by atoms with van der Waals surface area (Å²) < 4.78 is 18.3. The summed E-state index contributed by atoms with van der Waals surface area (Å²) in [5.41, 5.74) is 2.13. The largest absolute Gasteiger partial charge is 0.479 e. The van der Waals surface area contributed by atoms with Gasteiger partial charge in [0.1, 0.15) is 5.82 Å². The summed E-state index contributed by atoms with van der Waals surface area (Å²) in [5, 5.41) is 8.29. The highest BCUT2D eigenvalue weighted by Crippen LogP contribution is 2.27. The standard InChI is InChI=1S/C16H12FN3O/c1-21-16-14(11-5-3-2-4-6-11)19-20-15(18-16)12-7-9-13(17)10-8-12/h2-10H,1H3. The Morgan fingerprint density at radius 3 is 2.24 bits per heavy atom. The first-order valence-corrected chi connectivity index (χ1v) is 6.38. The van der Waals surface area contributed by atoms with Crippen LogP contribution in [0.3, 0.4) is 0 Å². The van der Waals surface area contributed by atoms with Gasteiger partial charge in [-0.3, -0.25) is 0 Å². The second kappa shape index (κ2) is 5.66. The van der Waals surface area contributed by atoms with Crippen LogP contribution in [0.25, 0.3) is 22.6 Å². The van der Waals surface area contributed by atoms with Crippen LogP contribution in [0.4, 0.5) is 4.39 Å². The molecule has 0 bridgehead atoms. The van der Waals surface area contributed by atoms with Crippen LogP contribution in [-0.2, 0) is 0 Å². The molecule has 2 aromatic carbocycles. The van der Waals surface area contributed by atoms with Crippen LogP contribution >= 0.6 is 0 Å². The van der Waals surface area contributed by atoms with E-state index in [4.69, 9.17) is 4.74 Å². The van der Waals surface area contributed by atoms with Gasteiger partial charge in [0, 0.05) is 11.1 Å². The third-order valence-corrected chi connectivity index (χ3v) is 3.00. The third-order valence-electron chi connectivity index (χ3n) is 3.00. The molecule has 0 unspecified atom stereocenters. The molecule has 3 aromatic rings. The number of nitrogens with zero attached hydrogens (tertiary/aromatic N) is 3. The Kier molecular flexibility index (Phi) is 3.55. The van der Waals surface area contributed by atoms with Crippen molar-refractivity contribution < 1.29 is 9.13 Å². The average molecular weight is 281 g/mol. The summed E-state index contributed by atoms with van der Waals surface area (Å²) in [5.74, 6) is 0.474. The lowest BCUT2D eigenvalue weighted by molar-refractivity contribution is 0.396. The monoisotopic (exact) mass is 281 g/mol. The number of methoxy groups -OCH3 is 1. The van der Waals surface area contributed by atoms with E-state index in [1.54, 1.807) is 12.1 Å². The summed E-state index contributed by atoms with van der Waals surface area (Å²) >= 11 is 0. The minimum Gasteiger partial charge on any atom is -0.479 e. The molecule has 104 valence electrons. The van der Waals surface area contributed by atoms with Crippen molar-refractivity contribution in [1.82, 2.24) is 15.2 Å². The van der Waals surface area contributed by atoms with Crippen LogP contribution in [0.15, 0.2) is 54.6 Å². The van der Waals surface area contributed by atoms with E-state index in [0.29, 0.717) is 23.0 Å². The molecular formula is C16H12FN3O. The number of halogens is 1. The smallest absolute Gasteiger partial charge is 0.244 e. The molecular weight excluding hydrogens is 269 g/mol. The van der Waals surface area contributed by atoms with Crippen molar-refractivity contribution in [3.05, 3.63) is 60.4 Å². The second-order valence-electron chi connectivity index (χ2n) is 4.37. The molecule has 0 spiro atoms. The van der Waals surface area contributed by atoms with Crippen LogP contribution in [0.1, 0.15) is 0 Å². The van der Waals surface area contributed by atoms with Crippen LogP contribution in [0, 0.1) is 5.82 Å². The maximum Gasteiger partial charge on any atom is 0.244 e. The van der Waals surface area contributed by atoms with E-state index in [0.717, 1.165) is 5.56 Å². The molecule has 0 N–H and O–H groups in total. The van der Waals surface area contributed by atoms with E-state index in [9.17, 15) is 4.39 Å². The van der Waals surface area contributed by atoms with Gasteiger partial charge in [-0.2, -0.15) is 4.98 Å². The fourth-order valence-corrected chi connectivity index (χ4v) is 1.95. The summed E-state index contributed by atoms with van der Waals surface area (Å²) in [6.07, 6.45) is 0. The first kappa shape index (κ1) is 13.2. The van der Waals surface area contributed by atoms with Gasteiger partial charge in [-0.25, -0.2) is 4.39 Å². The first-order chi connectivity index (χ1) is 10.3. The van der Waals surface area contributed by atoms with Gasteiger partial charge in [-0.15, -0.1) is 10.2 Å². The summed E-state index contributed by atoms with van der Waals surface area (Å²) in [4.78, 5) is 4.35. The molecule has 0 aliphatic carbocycles. The van der Waals surface area contributed by atoms with E-state index in [-0.39, 0.29) is 5.82 Å².